The Kier molecular flexibility index (Phi) is 8.07. The fraction of sp³-hybridized carbons (Fsp3) is 0.667. The minimum absolute atomic E-state index is 0.100. The topological polar surface area (TPSA) is 70.0 Å². The van der Waals surface area contributed by atoms with Crippen molar-refractivity contribution in [1.29, 1.82) is 0 Å². The molecular formula is C21H33NO4. The van der Waals surface area contributed by atoms with Crippen LogP contribution in [0.15, 0.2) is 30.3 Å². The maximum Gasteiger partial charge on any atom is 0.343 e. The molecule has 0 radical (unpaired) electrons. The van der Waals surface area contributed by atoms with E-state index in [9.17, 15) is 15.0 Å². The molecule has 1 fully saturated rings. The summed E-state index contributed by atoms with van der Waals surface area (Å²) in [6.07, 6.45) is 4.02. The standard InChI is InChI=1S/C21H33NO4/c1-3-22(4-2)15-19(23)16-26-20(24)21(25,17-11-7-5-8-12-17)18-13-9-6-10-14-18/h5,7-8,11-12,18-19,23,25H,3-4,6,9-10,13-16H2,1-2H3/t19-,21+/m0/s1. The molecule has 2 atom stereocenters. The Balaban J connectivity index is 2.08. The van der Waals surface area contributed by atoms with Crippen molar-refractivity contribution in [2.45, 2.75) is 57.7 Å². The normalized spacial score (nSPS) is 19.1. The molecule has 2 N–H and O–H groups in total. The summed E-state index contributed by atoms with van der Waals surface area (Å²) in [5, 5.41) is 21.6. The molecule has 0 bridgehead atoms. The third-order valence-corrected chi connectivity index (χ3v) is 5.49. The van der Waals surface area contributed by atoms with Crippen molar-refractivity contribution in [3.63, 3.8) is 0 Å². The molecule has 26 heavy (non-hydrogen) atoms. The molecule has 0 aromatic heterocycles. The maximum absolute atomic E-state index is 12.9. The zero-order valence-electron chi connectivity index (χ0n) is 16.1. The van der Waals surface area contributed by atoms with E-state index >= 15 is 0 Å². The van der Waals surface area contributed by atoms with E-state index in [2.05, 4.69) is 4.90 Å². The third kappa shape index (κ3) is 5.06. The van der Waals surface area contributed by atoms with E-state index in [4.69, 9.17) is 4.74 Å². The van der Waals surface area contributed by atoms with Gasteiger partial charge >= 0.3 is 5.97 Å². The van der Waals surface area contributed by atoms with Gasteiger partial charge in [0.15, 0.2) is 5.60 Å². The highest BCUT2D eigenvalue weighted by molar-refractivity contribution is 5.81. The fourth-order valence-electron chi connectivity index (χ4n) is 3.85. The van der Waals surface area contributed by atoms with Gasteiger partial charge in [0.1, 0.15) is 12.7 Å². The van der Waals surface area contributed by atoms with Crippen molar-refractivity contribution in [1.82, 2.24) is 4.90 Å². The van der Waals surface area contributed by atoms with E-state index < -0.39 is 17.7 Å². The van der Waals surface area contributed by atoms with Gasteiger partial charge in [0.25, 0.3) is 0 Å². The Morgan fingerprint density at radius 1 is 1.19 bits per heavy atom. The number of esters is 1. The Bertz CT molecular complexity index is 540. The van der Waals surface area contributed by atoms with Gasteiger partial charge in [0, 0.05) is 12.5 Å². The molecule has 146 valence electrons. The molecule has 0 spiro atoms. The highest BCUT2D eigenvalue weighted by Crippen LogP contribution is 2.40. The van der Waals surface area contributed by atoms with Gasteiger partial charge in [-0.25, -0.2) is 4.79 Å². The van der Waals surface area contributed by atoms with Crippen LogP contribution in [-0.4, -0.2) is 53.4 Å². The third-order valence-electron chi connectivity index (χ3n) is 5.49. The van der Waals surface area contributed by atoms with Crippen LogP contribution < -0.4 is 0 Å². The zero-order valence-corrected chi connectivity index (χ0v) is 16.1. The number of ether oxygens (including phenoxy) is 1. The lowest BCUT2D eigenvalue weighted by Crippen LogP contribution is -2.46. The fourth-order valence-corrected chi connectivity index (χ4v) is 3.85. The van der Waals surface area contributed by atoms with Crippen LogP contribution in [0.25, 0.3) is 0 Å². The van der Waals surface area contributed by atoms with E-state index in [0.29, 0.717) is 12.1 Å². The molecule has 1 aliphatic rings. The number of aliphatic hydroxyl groups is 2. The SMILES string of the molecule is CCN(CC)C[C@H](O)COC(=O)[C@@](O)(c1ccccc1)C1CCCCC1. The summed E-state index contributed by atoms with van der Waals surface area (Å²) in [6, 6.07) is 9.08. The number of hydrogen-bond acceptors (Lipinski definition) is 5. The Labute approximate surface area is 157 Å². The van der Waals surface area contributed by atoms with Crippen LogP contribution in [0.5, 0.6) is 0 Å². The van der Waals surface area contributed by atoms with Gasteiger partial charge in [-0.15, -0.1) is 0 Å². The predicted molar refractivity (Wildman–Crippen MR) is 102 cm³/mol. The molecule has 1 aromatic rings. The molecule has 5 nitrogen and oxygen atoms in total. The summed E-state index contributed by atoms with van der Waals surface area (Å²) in [7, 11) is 0. The summed E-state index contributed by atoms with van der Waals surface area (Å²) in [5.74, 6) is -0.791. The molecule has 2 rings (SSSR count). The molecule has 0 saturated heterocycles. The van der Waals surface area contributed by atoms with Crippen molar-refractivity contribution in [3.05, 3.63) is 35.9 Å². The molecule has 1 saturated carbocycles. The van der Waals surface area contributed by atoms with Crippen molar-refractivity contribution in [3.8, 4) is 0 Å². The number of benzene rings is 1. The van der Waals surface area contributed by atoms with Crippen LogP contribution in [-0.2, 0) is 15.1 Å². The first-order valence-corrected chi connectivity index (χ1v) is 9.87. The monoisotopic (exact) mass is 363 g/mol. The number of rotatable bonds is 9. The van der Waals surface area contributed by atoms with Gasteiger partial charge in [-0.05, 0) is 31.5 Å². The van der Waals surface area contributed by atoms with E-state index in [0.717, 1.165) is 45.2 Å². The number of likely N-dealkylation sites (N-methyl/N-ethyl adjacent to an activating group) is 1. The van der Waals surface area contributed by atoms with Gasteiger partial charge in [-0.2, -0.15) is 0 Å². The van der Waals surface area contributed by atoms with E-state index in [1.807, 2.05) is 32.0 Å². The average Bonchev–Trinajstić information content (AvgIpc) is 2.70. The minimum Gasteiger partial charge on any atom is -0.460 e. The first-order valence-electron chi connectivity index (χ1n) is 9.87. The predicted octanol–water partition coefficient (Wildman–Crippen LogP) is 2.70. The van der Waals surface area contributed by atoms with Crippen LogP contribution in [0, 0.1) is 5.92 Å². The molecule has 1 aromatic carbocycles. The summed E-state index contributed by atoms with van der Waals surface area (Å²) in [6.45, 7) is 6.07. The van der Waals surface area contributed by atoms with Crippen LogP contribution in [0.2, 0.25) is 0 Å². The van der Waals surface area contributed by atoms with Crippen molar-refractivity contribution in [2.24, 2.45) is 5.92 Å². The highest BCUT2D eigenvalue weighted by atomic mass is 16.6. The summed E-state index contributed by atoms with van der Waals surface area (Å²) < 4.78 is 5.40. The molecule has 0 amide bonds. The second kappa shape index (κ2) is 10.0. The minimum atomic E-state index is -1.64. The Hall–Kier alpha value is -1.43. The van der Waals surface area contributed by atoms with Gasteiger partial charge in [-0.1, -0.05) is 63.4 Å². The van der Waals surface area contributed by atoms with Crippen molar-refractivity contribution in [2.75, 3.05) is 26.2 Å². The van der Waals surface area contributed by atoms with Gasteiger partial charge in [0.2, 0.25) is 0 Å². The molecule has 5 heteroatoms. The lowest BCUT2D eigenvalue weighted by molar-refractivity contribution is -0.178. The van der Waals surface area contributed by atoms with Crippen LogP contribution in [0.3, 0.4) is 0 Å². The highest BCUT2D eigenvalue weighted by Gasteiger charge is 2.47. The molecule has 0 aliphatic heterocycles. The van der Waals surface area contributed by atoms with E-state index in [1.54, 1.807) is 12.1 Å². The van der Waals surface area contributed by atoms with Crippen molar-refractivity contribution < 1.29 is 19.7 Å². The summed E-state index contributed by atoms with van der Waals surface area (Å²) in [4.78, 5) is 15.0. The van der Waals surface area contributed by atoms with Gasteiger partial charge in [-0.3, -0.25) is 0 Å². The number of nitrogens with zero attached hydrogens (tertiary/aromatic N) is 1. The summed E-state index contributed by atoms with van der Waals surface area (Å²) in [5.41, 5.74) is -1.06. The van der Waals surface area contributed by atoms with Gasteiger partial charge < -0.3 is 19.8 Å². The number of carbonyl (C=O) groups is 1. The average molecular weight is 363 g/mol. The number of carbonyl (C=O) groups excluding carboxylic acids is 1. The first-order chi connectivity index (χ1) is 12.5. The van der Waals surface area contributed by atoms with Crippen molar-refractivity contribution >= 4 is 5.97 Å². The van der Waals surface area contributed by atoms with Crippen LogP contribution >= 0.6 is 0 Å². The molecular weight excluding hydrogens is 330 g/mol. The molecule has 0 unspecified atom stereocenters. The zero-order chi connectivity index (χ0) is 19.0. The van der Waals surface area contributed by atoms with Gasteiger partial charge in [0.05, 0.1) is 0 Å². The molecule has 1 aliphatic carbocycles. The molecule has 0 heterocycles. The Morgan fingerprint density at radius 2 is 1.81 bits per heavy atom. The first kappa shape index (κ1) is 20.9. The smallest absolute Gasteiger partial charge is 0.343 e. The number of aliphatic hydroxyl groups excluding tert-OH is 1. The van der Waals surface area contributed by atoms with Crippen LogP contribution in [0.1, 0.15) is 51.5 Å². The largest absolute Gasteiger partial charge is 0.460 e. The van der Waals surface area contributed by atoms with E-state index in [-0.39, 0.29) is 12.5 Å². The second-order valence-corrected chi connectivity index (χ2v) is 7.21. The number of hydrogen-bond donors (Lipinski definition) is 2. The van der Waals surface area contributed by atoms with Crippen LogP contribution in [0.4, 0.5) is 0 Å². The second-order valence-electron chi connectivity index (χ2n) is 7.21. The summed E-state index contributed by atoms with van der Waals surface area (Å²) >= 11 is 0. The van der Waals surface area contributed by atoms with E-state index in [1.165, 1.54) is 0 Å². The lowest BCUT2D eigenvalue weighted by Gasteiger charge is -2.37. The maximum atomic E-state index is 12.9. The Morgan fingerprint density at radius 3 is 2.38 bits per heavy atom. The lowest BCUT2D eigenvalue weighted by atomic mass is 9.73. The quantitative estimate of drug-likeness (QED) is 0.660.